The van der Waals surface area contributed by atoms with Crippen LogP contribution >= 0.6 is 0 Å². The zero-order valence-corrected chi connectivity index (χ0v) is 11.3. The third kappa shape index (κ3) is 3.17. The summed E-state index contributed by atoms with van der Waals surface area (Å²) in [6, 6.07) is 5.88. The molecule has 1 aromatic rings. The van der Waals surface area contributed by atoms with E-state index in [0.717, 1.165) is 25.7 Å². The Morgan fingerprint density at radius 1 is 1.20 bits per heavy atom. The number of carbonyl (C=O) groups excluding carboxylic acids is 1. The van der Waals surface area contributed by atoms with Crippen LogP contribution in [0.5, 0.6) is 0 Å². The fraction of sp³-hybridized carbons (Fsp3) is 0.467. The summed E-state index contributed by atoms with van der Waals surface area (Å²) < 4.78 is 0. The number of amides is 1. The molecule has 1 aliphatic heterocycles. The molecule has 1 aliphatic rings. The molecule has 1 atom stereocenters. The van der Waals surface area contributed by atoms with Crippen LogP contribution in [0.25, 0.3) is 0 Å². The van der Waals surface area contributed by atoms with E-state index in [2.05, 4.69) is 0 Å². The molecular formula is C15H19NO4. The molecule has 108 valence electrons. The molecule has 2 rings (SSSR count). The van der Waals surface area contributed by atoms with Crippen LogP contribution in [0.2, 0.25) is 0 Å². The Hall–Kier alpha value is -1.88. The Morgan fingerprint density at radius 2 is 1.95 bits per heavy atom. The molecule has 1 saturated heterocycles. The van der Waals surface area contributed by atoms with Crippen molar-refractivity contribution in [1.29, 1.82) is 0 Å². The van der Waals surface area contributed by atoms with E-state index in [-0.39, 0.29) is 24.1 Å². The lowest BCUT2D eigenvalue weighted by atomic mass is 10.1. The monoisotopic (exact) mass is 277 g/mol. The predicted octanol–water partition coefficient (Wildman–Crippen LogP) is 1.76. The smallest absolute Gasteiger partial charge is 0.335 e. The maximum absolute atomic E-state index is 12.5. The van der Waals surface area contributed by atoms with Crippen molar-refractivity contribution in [1.82, 2.24) is 4.90 Å². The quantitative estimate of drug-likeness (QED) is 0.882. The highest BCUT2D eigenvalue weighted by atomic mass is 16.4. The highest BCUT2D eigenvalue weighted by Crippen LogP contribution is 2.19. The summed E-state index contributed by atoms with van der Waals surface area (Å²) in [5, 5.41) is 18.4. The molecule has 0 radical (unpaired) electrons. The van der Waals surface area contributed by atoms with Crippen LogP contribution < -0.4 is 0 Å². The van der Waals surface area contributed by atoms with E-state index in [1.807, 2.05) is 0 Å². The van der Waals surface area contributed by atoms with Crippen molar-refractivity contribution in [2.24, 2.45) is 0 Å². The number of hydrogen-bond acceptors (Lipinski definition) is 3. The number of aromatic carboxylic acids is 1. The van der Waals surface area contributed by atoms with Crippen LogP contribution in [0.1, 0.15) is 46.4 Å². The molecule has 1 unspecified atom stereocenters. The average Bonchev–Trinajstić information content (AvgIpc) is 2.71. The molecular weight excluding hydrogens is 258 g/mol. The van der Waals surface area contributed by atoms with E-state index in [4.69, 9.17) is 5.11 Å². The highest BCUT2D eigenvalue weighted by Gasteiger charge is 2.26. The van der Waals surface area contributed by atoms with Gasteiger partial charge < -0.3 is 15.1 Å². The number of likely N-dealkylation sites (tertiary alicyclic amines) is 1. The largest absolute Gasteiger partial charge is 0.478 e. The van der Waals surface area contributed by atoms with Gasteiger partial charge in [-0.2, -0.15) is 0 Å². The first kappa shape index (κ1) is 14.5. The fourth-order valence-electron chi connectivity index (χ4n) is 2.59. The van der Waals surface area contributed by atoms with Crippen LogP contribution in [0.4, 0.5) is 0 Å². The summed E-state index contributed by atoms with van der Waals surface area (Å²) in [5.41, 5.74) is 0.469. The minimum absolute atomic E-state index is 0.0512. The summed E-state index contributed by atoms with van der Waals surface area (Å²) in [4.78, 5) is 25.2. The third-order valence-corrected chi connectivity index (χ3v) is 3.71. The van der Waals surface area contributed by atoms with Gasteiger partial charge in [0.1, 0.15) is 0 Å². The van der Waals surface area contributed by atoms with Gasteiger partial charge in [0.25, 0.3) is 5.91 Å². The lowest BCUT2D eigenvalue weighted by molar-refractivity contribution is 0.0600. The summed E-state index contributed by atoms with van der Waals surface area (Å²) >= 11 is 0. The second kappa shape index (κ2) is 6.52. The molecule has 1 amide bonds. The minimum atomic E-state index is -1.05. The molecule has 0 spiro atoms. The van der Waals surface area contributed by atoms with Gasteiger partial charge in [-0.1, -0.05) is 18.9 Å². The normalized spacial score (nSPS) is 19.4. The van der Waals surface area contributed by atoms with Gasteiger partial charge >= 0.3 is 5.97 Å². The molecule has 1 fully saturated rings. The number of rotatable bonds is 3. The van der Waals surface area contributed by atoms with Gasteiger partial charge in [-0.05, 0) is 31.0 Å². The zero-order chi connectivity index (χ0) is 14.5. The van der Waals surface area contributed by atoms with Gasteiger partial charge in [-0.15, -0.1) is 0 Å². The van der Waals surface area contributed by atoms with Crippen LogP contribution in [0.15, 0.2) is 24.3 Å². The van der Waals surface area contributed by atoms with Gasteiger partial charge in [0.15, 0.2) is 0 Å². The average molecular weight is 277 g/mol. The van der Waals surface area contributed by atoms with Crippen LogP contribution in [0, 0.1) is 0 Å². The first-order valence-corrected chi connectivity index (χ1v) is 6.88. The van der Waals surface area contributed by atoms with Crippen LogP contribution in [0.3, 0.4) is 0 Å². The van der Waals surface area contributed by atoms with Crippen molar-refractivity contribution in [3.63, 3.8) is 0 Å². The van der Waals surface area contributed by atoms with Crippen molar-refractivity contribution >= 4 is 11.9 Å². The highest BCUT2D eigenvalue weighted by molar-refractivity contribution is 5.97. The van der Waals surface area contributed by atoms with E-state index >= 15 is 0 Å². The van der Waals surface area contributed by atoms with Gasteiger partial charge in [-0.25, -0.2) is 4.79 Å². The maximum Gasteiger partial charge on any atom is 0.335 e. The predicted molar refractivity (Wildman–Crippen MR) is 73.8 cm³/mol. The van der Waals surface area contributed by atoms with Crippen molar-refractivity contribution in [3.8, 4) is 0 Å². The molecule has 1 aromatic carbocycles. The van der Waals surface area contributed by atoms with Crippen molar-refractivity contribution in [3.05, 3.63) is 35.4 Å². The van der Waals surface area contributed by atoms with Crippen LogP contribution in [-0.2, 0) is 0 Å². The van der Waals surface area contributed by atoms with Crippen molar-refractivity contribution in [2.75, 3.05) is 13.2 Å². The summed E-state index contributed by atoms with van der Waals surface area (Å²) in [6.45, 7) is 0.561. The van der Waals surface area contributed by atoms with Crippen molar-refractivity contribution < 1.29 is 19.8 Å². The van der Waals surface area contributed by atoms with E-state index in [9.17, 15) is 14.7 Å². The maximum atomic E-state index is 12.5. The second-order valence-corrected chi connectivity index (χ2v) is 5.07. The third-order valence-electron chi connectivity index (χ3n) is 3.71. The molecule has 20 heavy (non-hydrogen) atoms. The van der Waals surface area contributed by atoms with Gasteiger partial charge in [0.05, 0.1) is 18.2 Å². The van der Waals surface area contributed by atoms with Crippen LogP contribution in [-0.4, -0.2) is 46.2 Å². The van der Waals surface area contributed by atoms with E-state index in [1.165, 1.54) is 12.1 Å². The first-order chi connectivity index (χ1) is 9.63. The molecule has 0 aromatic heterocycles. The van der Waals surface area contributed by atoms with Gasteiger partial charge in [0.2, 0.25) is 0 Å². The summed E-state index contributed by atoms with van der Waals surface area (Å²) in [7, 11) is 0. The number of aliphatic hydroxyl groups excluding tert-OH is 1. The minimum Gasteiger partial charge on any atom is -0.478 e. The molecule has 0 aliphatic carbocycles. The van der Waals surface area contributed by atoms with E-state index in [0.29, 0.717) is 12.1 Å². The molecule has 1 heterocycles. The Kier molecular flexibility index (Phi) is 4.74. The Balaban J connectivity index is 2.24. The summed E-state index contributed by atoms with van der Waals surface area (Å²) in [6.07, 6.45) is 3.77. The summed E-state index contributed by atoms with van der Waals surface area (Å²) in [5.74, 6) is -1.25. The Bertz CT molecular complexity index is 500. The Labute approximate surface area is 117 Å². The molecule has 0 saturated carbocycles. The molecule has 5 heteroatoms. The first-order valence-electron chi connectivity index (χ1n) is 6.88. The lowest BCUT2D eigenvalue weighted by Gasteiger charge is -2.28. The molecule has 0 bridgehead atoms. The standard InChI is InChI=1S/C15H19NO4/c17-10-13-7-2-1-3-8-16(13)14(18)11-5-4-6-12(9-11)15(19)20/h4-6,9,13,17H,1-3,7-8,10H2,(H,19,20). The fourth-order valence-corrected chi connectivity index (χ4v) is 2.59. The number of aliphatic hydroxyl groups is 1. The number of nitrogens with zero attached hydrogens (tertiary/aromatic N) is 1. The Morgan fingerprint density at radius 3 is 2.65 bits per heavy atom. The zero-order valence-electron chi connectivity index (χ0n) is 11.3. The lowest BCUT2D eigenvalue weighted by Crippen LogP contribution is -2.42. The van der Waals surface area contributed by atoms with E-state index < -0.39 is 5.97 Å². The van der Waals surface area contributed by atoms with Gasteiger partial charge in [0, 0.05) is 12.1 Å². The SMILES string of the molecule is O=C(O)c1cccc(C(=O)N2CCCCCC2CO)c1. The number of carboxylic acids is 1. The molecule has 5 nitrogen and oxygen atoms in total. The topological polar surface area (TPSA) is 77.8 Å². The second-order valence-electron chi connectivity index (χ2n) is 5.07. The van der Waals surface area contributed by atoms with Crippen molar-refractivity contribution in [2.45, 2.75) is 31.7 Å². The number of carboxylic acid groups (broad SMARTS) is 1. The number of hydrogen-bond donors (Lipinski definition) is 2. The number of benzene rings is 1. The molecule has 2 N–H and O–H groups in total. The van der Waals surface area contributed by atoms with E-state index in [1.54, 1.807) is 17.0 Å². The number of carbonyl (C=O) groups is 2. The van der Waals surface area contributed by atoms with Gasteiger partial charge in [-0.3, -0.25) is 4.79 Å².